The van der Waals surface area contributed by atoms with Crippen LogP contribution in [-0.4, -0.2) is 42.6 Å². The number of para-hydroxylation sites is 1. The lowest BCUT2D eigenvalue weighted by molar-refractivity contribution is -0.117. The number of benzene rings is 3. The molecule has 9 nitrogen and oxygen atoms in total. The number of hydrogen-bond donors (Lipinski definition) is 3. The lowest BCUT2D eigenvalue weighted by Crippen LogP contribution is -2.52. The van der Waals surface area contributed by atoms with Crippen LogP contribution < -0.4 is 20.4 Å². The van der Waals surface area contributed by atoms with Gasteiger partial charge < -0.3 is 25.1 Å². The first kappa shape index (κ1) is 27.6. The van der Waals surface area contributed by atoms with E-state index in [4.69, 9.17) is 4.42 Å². The second kappa shape index (κ2) is 12.1. The number of aliphatic hydroxyl groups is 1. The van der Waals surface area contributed by atoms with Crippen molar-refractivity contribution in [2.75, 3.05) is 29.5 Å². The predicted molar refractivity (Wildman–Crippen MR) is 152 cm³/mol. The van der Waals surface area contributed by atoms with E-state index >= 15 is 0 Å². The third-order valence-corrected chi connectivity index (χ3v) is 6.97. The Morgan fingerprint density at radius 3 is 2.54 bits per heavy atom. The van der Waals surface area contributed by atoms with Gasteiger partial charge in [0.25, 0.3) is 5.91 Å². The molecular weight excluding hydrogens is 527 g/mol. The summed E-state index contributed by atoms with van der Waals surface area (Å²) >= 11 is 0. The largest absolute Gasteiger partial charge is 0.464 e. The van der Waals surface area contributed by atoms with Crippen molar-refractivity contribution in [3.8, 4) is 11.3 Å². The summed E-state index contributed by atoms with van der Waals surface area (Å²) in [6.07, 6.45) is 1.60. The molecule has 2 heterocycles. The average Bonchev–Trinajstić information content (AvgIpc) is 3.51. The fourth-order valence-corrected chi connectivity index (χ4v) is 4.87. The molecular formula is C31H29FN4O5. The Kier molecular flexibility index (Phi) is 8.11. The maximum atomic E-state index is 14.8. The van der Waals surface area contributed by atoms with Crippen LogP contribution in [-0.2, 0) is 17.9 Å². The number of nitrogens with one attached hydrogen (secondary N) is 2. The van der Waals surface area contributed by atoms with Gasteiger partial charge in [0.1, 0.15) is 23.8 Å². The fourth-order valence-electron chi connectivity index (χ4n) is 4.87. The number of rotatable bonds is 8. The highest BCUT2D eigenvalue weighted by Gasteiger charge is 2.34. The van der Waals surface area contributed by atoms with E-state index in [1.165, 1.54) is 23.1 Å². The second-order valence-corrected chi connectivity index (χ2v) is 9.58. The van der Waals surface area contributed by atoms with Crippen molar-refractivity contribution >= 4 is 29.2 Å². The summed E-state index contributed by atoms with van der Waals surface area (Å²) in [6, 6.07) is 20.1. The summed E-state index contributed by atoms with van der Waals surface area (Å²) in [5, 5.41) is 15.0. The molecule has 5 rings (SSSR count). The first-order chi connectivity index (χ1) is 19.9. The van der Waals surface area contributed by atoms with Crippen molar-refractivity contribution in [1.82, 2.24) is 10.6 Å². The smallest absolute Gasteiger partial charge is 0.322 e. The van der Waals surface area contributed by atoms with Crippen LogP contribution in [0.2, 0.25) is 0 Å². The number of carbonyl (C=O) groups excluding carboxylic acids is 3. The lowest BCUT2D eigenvalue weighted by atomic mass is 10.0. The van der Waals surface area contributed by atoms with Crippen molar-refractivity contribution in [3.63, 3.8) is 0 Å². The van der Waals surface area contributed by atoms with E-state index in [2.05, 4.69) is 10.6 Å². The standard InChI is InChI=1S/C31H29FN4O5/c1-20-16-21(30(39)33-18-23-6-2-3-7-24(23)27-10-5-15-41-27)11-12-22(20)17-34-31(40)36-19-28(38)35(13-14-37)26-9-4-8-25(32)29(26)36/h2-12,15-16,37H,13-14,17-19H2,1H3,(H,33,39)(H,34,40). The Balaban J connectivity index is 1.23. The quantitative estimate of drug-likeness (QED) is 0.298. The minimum atomic E-state index is -0.647. The van der Waals surface area contributed by atoms with Crippen LogP contribution in [0.3, 0.4) is 0 Å². The SMILES string of the molecule is Cc1cc(C(=O)NCc2ccccc2-c2ccco2)ccc1CNC(=O)N1CC(=O)N(CCO)c2cccc(F)c21. The topological polar surface area (TPSA) is 115 Å². The van der Waals surface area contributed by atoms with Crippen LogP contribution >= 0.6 is 0 Å². The maximum Gasteiger partial charge on any atom is 0.322 e. The molecule has 3 aromatic carbocycles. The Labute approximate surface area is 236 Å². The molecule has 4 aromatic rings. The third-order valence-electron chi connectivity index (χ3n) is 6.97. The van der Waals surface area contributed by atoms with E-state index < -0.39 is 17.8 Å². The molecule has 0 saturated carbocycles. The van der Waals surface area contributed by atoms with E-state index in [0.717, 1.165) is 32.9 Å². The van der Waals surface area contributed by atoms with Gasteiger partial charge in [-0.15, -0.1) is 0 Å². The molecule has 1 aliphatic heterocycles. The molecule has 0 fully saturated rings. The van der Waals surface area contributed by atoms with Crippen LogP contribution in [0.25, 0.3) is 11.3 Å². The van der Waals surface area contributed by atoms with Crippen LogP contribution in [0.15, 0.2) is 83.5 Å². The molecule has 1 aliphatic rings. The number of β-amino-alcohol motifs (C(OH)–C–C–N with tert-alkyl or cyclic N) is 1. The molecule has 0 bridgehead atoms. The molecule has 0 unspecified atom stereocenters. The summed E-state index contributed by atoms with van der Waals surface area (Å²) < 4.78 is 20.3. The van der Waals surface area contributed by atoms with Crippen molar-refractivity contribution in [2.45, 2.75) is 20.0 Å². The van der Waals surface area contributed by atoms with Gasteiger partial charge in [-0.1, -0.05) is 36.4 Å². The minimum Gasteiger partial charge on any atom is -0.464 e. The first-order valence-electron chi connectivity index (χ1n) is 13.1. The normalized spacial score (nSPS) is 12.7. The number of hydrogen-bond acceptors (Lipinski definition) is 5. The highest BCUT2D eigenvalue weighted by atomic mass is 19.1. The van der Waals surface area contributed by atoms with Gasteiger partial charge >= 0.3 is 6.03 Å². The van der Waals surface area contributed by atoms with Crippen LogP contribution in [0.4, 0.5) is 20.6 Å². The van der Waals surface area contributed by atoms with E-state index in [0.29, 0.717) is 12.1 Å². The van der Waals surface area contributed by atoms with Crippen molar-refractivity contribution in [2.24, 2.45) is 0 Å². The zero-order chi connectivity index (χ0) is 28.9. The Morgan fingerprint density at radius 2 is 1.78 bits per heavy atom. The summed E-state index contributed by atoms with van der Waals surface area (Å²) in [5.41, 5.74) is 4.04. The highest BCUT2D eigenvalue weighted by Crippen LogP contribution is 2.36. The molecule has 10 heteroatoms. The van der Waals surface area contributed by atoms with Crippen LogP contribution in [0, 0.1) is 12.7 Å². The zero-order valence-electron chi connectivity index (χ0n) is 22.4. The molecule has 41 heavy (non-hydrogen) atoms. The van der Waals surface area contributed by atoms with Crippen molar-refractivity contribution < 1.29 is 28.3 Å². The van der Waals surface area contributed by atoms with Gasteiger partial charge in [-0.3, -0.25) is 14.5 Å². The zero-order valence-corrected chi connectivity index (χ0v) is 22.4. The number of furan rings is 1. The number of amides is 4. The number of carbonyl (C=O) groups is 3. The van der Waals surface area contributed by atoms with Gasteiger partial charge in [0.15, 0.2) is 0 Å². The average molecular weight is 557 g/mol. The number of urea groups is 1. The maximum absolute atomic E-state index is 14.8. The van der Waals surface area contributed by atoms with E-state index in [-0.39, 0.29) is 43.5 Å². The summed E-state index contributed by atoms with van der Waals surface area (Å²) in [5.74, 6) is -0.596. The summed E-state index contributed by atoms with van der Waals surface area (Å²) in [6.45, 7) is 1.60. The number of halogens is 1. The fraction of sp³-hybridized carbons (Fsp3) is 0.194. The van der Waals surface area contributed by atoms with Gasteiger partial charge in [-0.05, 0) is 60.0 Å². The molecule has 0 aliphatic carbocycles. The summed E-state index contributed by atoms with van der Waals surface area (Å²) in [4.78, 5) is 41.0. The number of aliphatic hydroxyl groups excluding tert-OH is 1. The van der Waals surface area contributed by atoms with Gasteiger partial charge in [0.2, 0.25) is 5.91 Å². The summed E-state index contributed by atoms with van der Waals surface area (Å²) in [7, 11) is 0. The predicted octanol–water partition coefficient (Wildman–Crippen LogP) is 4.38. The van der Waals surface area contributed by atoms with Gasteiger partial charge in [0.05, 0.1) is 18.6 Å². The van der Waals surface area contributed by atoms with E-state index in [1.54, 1.807) is 24.5 Å². The molecule has 0 radical (unpaired) electrons. The van der Waals surface area contributed by atoms with Crippen molar-refractivity contribution in [3.05, 3.63) is 107 Å². The molecule has 0 atom stereocenters. The molecule has 0 saturated heterocycles. The number of nitrogens with zero attached hydrogens (tertiary/aromatic N) is 2. The van der Waals surface area contributed by atoms with Crippen molar-refractivity contribution in [1.29, 1.82) is 0 Å². The van der Waals surface area contributed by atoms with Crippen LogP contribution in [0.1, 0.15) is 27.0 Å². The first-order valence-corrected chi connectivity index (χ1v) is 13.1. The van der Waals surface area contributed by atoms with E-state index in [1.807, 2.05) is 43.3 Å². The Morgan fingerprint density at radius 1 is 0.976 bits per heavy atom. The number of aryl methyl sites for hydroxylation is 1. The Bertz CT molecular complexity index is 1590. The number of anilines is 2. The molecule has 0 spiro atoms. The third kappa shape index (κ3) is 5.82. The molecule has 4 amide bonds. The number of fused-ring (bicyclic) bond motifs is 1. The molecule has 210 valence electrons. The van der Waals surface area contributed by atoms with Gasteiger partial charge in [-0.2, -0.15) is 0 Å². The van der Waals surface area contributed by atoms with Gasteiger partial charge in [0, 0.05) is 30.8 Å². The molecule has 3 N–H and O–H groups in total. The minimum absolute atomic E-state index is 0.000356. The Hall–Kier alpha value is -4.96. The second-order valence-electron chi connectivity index (χ2n) is 9.58. The molecule has 1 aromatic heterocycles. The lowest BCUT2D eigenvalue weighted by Gasteiger charge is -2.36. The highest BCUT2D eigenvalue weighted by molar-refractivity contribution is 6.10. The monoisotopic (exact) mass is 556 g/mol. The van der Waals surface area contributed by atoms with Crippen LogP contribution in [0.5, 0.6) is 0 Å². The van der Waals surface area contributed by atoms with Gasteiger partial charge in [-0.25, -0.2) is 9.18 Å². The van der Waals surface area contributed by atoms with E-state index in [9.17, 15) is 23.9 Å².